The van der Waals surface area contributed by atoms with E-state index in [0.717, 1.165) is 15.9 Å². The average Bonchev–Trinajstić information content (AvgIpc) is 2.97. The van der Waals surface area contributed by atoms with E-state index in [2.05, 4.69) is 0 Å². The minimum Gasteiger partial charge on any atom is -0.456 e. The zero-order chi connectivity index (χ0) is 26.5. The van der Waals surface area contributed by atoms with Gasteiger partial charge in [-0.15, -0.1) is 0 Å². The van der Waals surface area contributed by atoms with Crippen LogP contribution in [-0.4, -0.2) is 33.7 Å². The van der Waals surface area contributed by atoms with Crippen LogP contribution in [0.1, 0.15) is 12.0 Å². The molecule has 1 fully saturated rings. The lowest BCUT2D eigenvalue weighted by Gasteiger charge is -2.39. The Labute approximate surface area is 220 Å². The van der Waals surface area contributed by atoms with E-state index < -0.39 is 17.8 Å². The summed E-state index contributed by atoms with van der Waals surface area (Å²) in [5, 5.41) is 13.8. The molecule has 0 atom stereocenters. The van der Waals surface area contributed by atoms with E-state index >= 15 is 0 Å². The third-order valence-corrected chi connectivity index (χ3v) is 10.8. The molecule has 0 saturated carbocycles. The topological polar surface area (TPSA) is 89.8 Å². The quantitative estimate of drug-likeness (QED) is 0.114. The van der Waals surface area contributed by atoms with E-state index in [-0.39, 0.29) is 18.2 Å². The number of non-ortho nitro benzene ring substituents is 1. The molecule has 4 aromatic carbocycles. The van der Waals surface area contributed by atoms with Crippen LogP contribution in [0.15, 0.2) is 115 Å². The predicted octanol–water partition coefficient (Wildman–Crippen LogP) is 3.99. The molecule has 1 saturated heterocycles. The SMILES string of the molecule is O=C(OCc1ccc([N+](=O)[O-])cc1)C(N1CCC1=O)=P(c1ccccc1)(c1ccccc1)c1ccccc1. The standard InChI is InChI=1S/C30H25N2O5P/c33-28-20-21-31(28)29(30(34)37-22-23-16-18-24(19-17-23)32(35)36)38(25-10-4-1-5-11-25,26-12-6-2-7-13-26)27-14-8-3-9-15-27/h1-19H,20-22H2. The monoisotopic (exact) mass is 524 g/mol. The van der Waals surface area contributed by atoms with Crippen molar-refractivity contribution in [2.45, 2.75) is 13.0 Å². The van der Waals surface area contributed by atoms with Crippen molar-refractivity contribution in [1.29, 1.82) is 0 Å². The van der Waals surface area contributed by atoms with Gasteiger partial charge in [0.15, 0.2) is 0 Å². The molecular weight excluding hydrogens is 499 g/mol. The number of ether oxygens (including phenoxy) is 1. The van der Waals surface area contributed by atoms with Gasteiger partial charge in [-0.1, -0.05) is 91.0 Å². The zero-order valence-corrected chi connectivity index (χ0v) is 21.4. The fourth-order valence-corrected chi connectivity index (χ4v) is 9.06. The van der Waals surface area contributed by atoms with Gasteiger partial charge in [0.2, 0.25) is 5.91 Å². The van der Waals surface area contributed by atoms with E-state index in [0.29, 0.717) is 23.9 Å². The highest BCUT2D eigenvalue weighted by molar-refractivity contribution is 7.96. The molecule has 1 aliphatic heterocycles. The number of nitro groups is 1. The Morgan fingerprint density at radius 1 is 0.789 bits per heavy atom. The Bertz CT molecular complexity index is 1420. The first kappa shape index (κ1) is 25.2. The summed E-state index contributed by atoms with van der Waals surface area (Å²) in [4.78, 5) is 39.2. The van der Waals surface area contributed by atoms with Gasteiger partial charge in [-0.2, -0.15) is 0 Å². The summed E-state index contributed by atoms with van der Waals surface area (Å²) in [6.45, 7) is -2.52. The van der Waals surface area contributed by atoms with E-state index in [9.17, 15) is 19.7 Å². The van der Waals surface area contributed by atoms with E-state index in [1.54, 1.807) is 17.0 Å². The Morgan fingerprint density at radius 2 is 1.26 bits per heavy atom. The van der Waals surface area contributed by atoms with E-state index in [4.69, 9.17) is 4.74 Å². The van der Waals surface area contributed by atoms with Crippen molar-refractivity contribution < 1.29 is 19.2 Å². The molecular formula is C30H25N2O5P. The number of rotatable bonds is 8. The molecule has 7 nitrogen and oxygen atoms in total. The Morgan fingerprint density at radius 3 is 1.63 bits per heavy atom. The maximum absolute atomic E-state index is 14.1. The van der Waals surface area contributed by atoms with Crippen LogP contribution in [0.5, 0.6) is 0 Å². The number of nitro benzene ring substituents is 1. The number of carbonyl (C=O) groups is 2. The summed E-state index contributed by atoms with van der Waals surface area (Å²) in [6.07, 6.45) is 0.359. The van der Waals surface area contributed by atoms with Crippen molar-refractivity contribution in [1.82, 2.24) is 4.90 Å². The first-order valence-electron chi connectivity index (χ1n) is 12.2. The second kappa shape index (κ2) is 10.9. The fraction of sp³-hybridized carbons (Fsp3) is 0.100. The smallest absolute Gasteiger partial charge is 0.356 e. The van der Waals surface area contributed by atoms with E-state index in [1.165, 1.54) is 12.1 Å². The molecule has 0 aliphatic carbocycles. The highest BCUT2D eigenvalue weighted by Gasteiger charge is 2.42. The van der Waals surface area contributed by atoms with Crippen molar-refractivity contribution in [3.63, 3.8) is 0 Å². The molecule has 0 radical (unpaired) electrons. The molecule has 1 amide bonds. The van der Waals surface area contributed by atoms with Crippen LogP contribution in [0, 0.1) is 10.1 Å². The van der Waals surface area contributed by atoms with Gasteiger partial charge >= 0.3 is 5.97 Å². The van der Waals surface area contributed by atoms with Crippen LogP contribution in [0.2, 0.25) is 0 Å². The second-order valence-electron chi connectivity index (χ2n) is 8.80. The van der Waals surface area contributed by atoms with Gasteiger partial charge in [-0.25, -0.2) is 4.79 Å². The van der Waals surface area contributed by atoms with Crippen LogP contribution in [0.4, 0.5) is 5.69 Å². The van der Waals surface area contributed by atoms with Gasteiger partial charge in [0.1, 0.15) is 12.0 Å². The molecule has 0 aromatic heterocycles. The van der Waals surface area contributed by atoms with Crippen LogP contribution in [0.25, 0.3) is 0 Å². The number of likely N-dealkylation sites (tertiary alicyclic amines) is 1. The lowest BCUT2D eigenvalue weighted by molar-refractivity contribution is -0.384. The van der Waals surface area contributed by atoms with Gasteiger partial charge in [-0.3, -0.25) is 14.9 Å². The Kier molecular flexibility index (Phi) is 7.20. The van der Waals surface area contributed by atoms with Crippen LogP contribution >= 0.6 is 6.89 Å². The summed E-state index contributed by atoms with van der Waals surface area (Å²) in [5.41, 5.74) is 0.904. The zero-order valence-electron chi connectivity index (χ0n) is 20.5. The Balaban J connectivity index is 1.74. The van der Waals surface area contributed by atoms with Crippen LogP contribution < -0.4 is 15.9 Å². The number of benzene rings is 4. The lowest BCUT2D eigenvalue weighted by atomic mass is 10.2. The van der Waals surface area contributed by atoms with Gasteiger partial charge in [0.25, 0.3) is 5.69 Å². The van der Waals surface area contributed by atoms with E-state index in [1.807, 2.05) is 91.0 Å². The minimum atomic E-state index is -2.86. The molecule has 1 aliphatic rings. The molecule has 0 bridgehead atoms. The molecule has 0 N–H and O–H groups in total. The summed E-state index contributed by atoms with van der Waals surface area (Å²) in [5.74, 6) is -0.708. The molecule has 190 valence electrons. The largest absolute Gasteiger partial charge is 0.456 e. The minimum absolute atomic E-state index is 0.0410. The first-order chi connectivity index (χ1) is 18.5. The predicted molar refractivity (Wildman–Crippen MR) is 149 cm³/mol. The second-order valence-corrected chi connectivity index (χ2v) is 12.1. The summed E-state index contributed by atoms with van der Waals surface area (Å²) >= 11 is 0. The third kappa shape index (κ3) is 4.64. The number of esters is 1. The molecule has 0 spiro atoms. The molecule has 4 aromatic rings. The maximum atomic E-state index is 14.1. The van der Waals surface area contributed by atoms with Crippen LogP contribution in [0.3, 0.4) is 0 Å². The van der Waals surface area contributed by atoms with Crippen molar-refractivity contribution in [3.8, 4) is 0 Å². The highest BCUT2D eigenvalue weighted by Crippen LogP contribution is 2.48. The normalized spacial score (nSPS) is 12.9. The Hall–Kier alpha value is -4.48. The van der Waals surface area contributed by atoms with Crippen molar-refractivity contribution >= 4 is 45.8 Å². The van der Waals surface area contributed by atoms with Gasteiger partial charge in [0, 0.05) is 32.0 Å². The molecule has 38 heavy (non-hydrogen) atoms. The number of nitrogens with zero attached hydrogens (tertiary/aromatic N) is 2. The van der Waals surface area contributed by atoms with Gasteiger partial charge < -0.3 is 9.64 Å². The molecule has 8 heteroatoms. The van der Waals surface area contributed by atoms with Crippen LogP contribution in [-0.2, 0) is 20.9 Å². The lowest BCUT2D eigenvalue weighted by Crippen LogP contribution is -2.53. The van der Waals surface area contributed by atoms with Crippen molar-refractivity contribution in [2.75, 3.05) is 6.54 Å². The molecule has 1 heterocycles. The average molecular weight is 525 g/mol. The number of hydrogen-bond donors (Lipinski definition) is 0. The summed E-state index contributed by atoms with van der Waals surface area (Å²) in [7, 11) is 0. The summed E-state index contributed by atoms with van der Waals surface area (Å²) in [6, 6.07) is 35.3. The van der Waals surface area contributed by atoms with Gasteiger partial charge in [-0.05, 0) is 33.6 Å². The maximum Gasteiger partial charge on any atom is 0.356 e. The number of hydrogen-bond acceptors (Lipinski definition) is 5. The number of β-lactam (4-membered cyclic amide) rings is 1. The number of amides is 1. The summed E-state index contributed by atoms with van der Waals surface area (Å²) < 4.78 is 5.85. The first-order valence-corrected chi connectivity index (χ1v) is 13.9. The van der Waals surface area contributed by atoms with Crippen molar-refractivity contribution in [2.24, 2.45) is 0 Å². The highest BCUT2D eigenvalue weighted by atomic mass is 31.2. The molecule has 5 rings (SSSR count). The fourth-order valence-electron chi connectivity index (χ4n) is 4.66. The number of carbonyl (C=O) groups excluding carboxylic acids is 2. The molecule has 0 unspecified atom stereocenters. The van der Waals surface area contributed by atoms with Gasteiger partial charge in [0.05, 0.1) is 4.92 Å². The van der Waals surface area contributed by atoms with Crippen molar-refractivity contribution in [3.05, 3.63) is 131 Å². The third-order valence-electron chi connectivity index (χ3n) is 6.55.